The van der Waals surface area contributed by atoms with E-state index in [1.54, 1.807) is 10.9 Å². The maximum atomic E-state index is 9.68. The lowest BCUT2D eigenvalue weighted by Crippen LogP contribution is -2.29. The van der Waals surface area contributed by atoms with Gasteiger partial charge in [-0.15, -0.1) is 5.10 Å². The third kappa shape index (κ3) is 4.35. The number of aromatic nitrogens is 7. The summed E-state index contributed by atoms with van der Waals surface area (Å²) in [4.78, 5) is 6.96. The molecular formula is C25H32N8O3. The molecule has 5 heterocycles. The van der Waals surface area contributed by atoms with E-state index in [9.17, 15) is 5.11 Å². The molecule has 36 heavy (non-hydrogen) atoms. The molecule has 0 atom stereocenters. The second kappa shape index (κ2) is 10.1. The van der Waals surface area contributed by atoms with Gasteiger partial charge >= 0.3 is 0 Å². The number of hydrogen-bond acceptors (Lipinski definition) is 8. The molecule has 0 fully saturated rings. The number of aliphatic hydroxyl groups excluding tert-OH is 1. The van der Waals surface area contributed by atoms with Crippen molar-refractivity contribution in [3.05, 3.63) is 34.9 Å². The summed E-state index contributed by atoms with van der Waals surface area (Å²) in [7, 11) is 1.89. The molecule has 0 aliphatic carbocycles. The van der Waals surface area contributed by atoms with Crippen LogP contribution in [0.1, 0.15) is 36.5 Å². The molecule has 1 aliphatic rings. The van der Waals surface area contributed by atoms with Crippen LogP contribution < -0.4 is 9.47 Å². The molecule has 11 heteroatoms. The highest BCUT2D eigenvalue weighted by atomic mass is 16.5. The zero-order chi connectivity index (χ0) is 25.2. The van der Waals surface area contributed by atoms with Crippen LogP contribution >= 0.6 is 0 Å². The monoisotopic (exact) mass is 492 g/mol. The van der Waals surface area contributed by atoms with Crippen LogP contribution in [0.5, 0.6) is 11.8 Å². The van der Waals surface area contributed by atoms with Gasteiger partial charge in [0.05, 0.1) is 65.4 Å². The maximum absolute atomic E-state index is 9.68. The lowest BCUT2D eigenvalue weighted by molar-refractivity contribution is 0.195. The molecule has 0 radical (unpaired) electrons. The van der Waals surface area contributed by atoms with Crippen LogP contribution in [-0.2, 0) is 20.1 Å². The van der Waals surface area contributed by atoms with Crippen LogP contribution in [0, 0.1) is 6.92 Å². The van der Waals surface area contributed by atoms with Crippen molar-refractivity contribution < 1.29 is 14.6 Å². The van der Waals surface area contributed by atoms with Crippen molar-refractivity contribution in [1.82, 2.24) is 39.6 Å². The summed E-state index contributed by atoms with van der Waals surface area (Å²) in [5.74, 6) is 1.24. The summed E-state index contributed by atoms with van der Waals surface area (Å²) >= 11 is 0. The van der Waals surface area contributed by atoms with E-state index in [1.807, 2.05) is 43.8 Å². The van der Waals surface area contributed by atoms with Crippen LogP contribution in [0.3, 0.4) is 0 Å². The number of ether oxygens (including phenoxy) is 2. The summed E-state index contributed by atoms with van der Waals surface area (Å²) < 4.78 is 15.8. The Morgan fingerprint density at radius 2 is 2.08 bits per heavy atom. The van der Waals surface area contributed by atoms with E-state index in [2.05, 4.69) is 37.2 Å². The Balaban J connectivity index is 1.69. The Kier molecular flexibility index (Phi) is 6.75. The number of likely N-dealkylation sites (N-methyl/N-ethyl adjacent to an activating group) is 1. The van der Waals surface area contributed by atoms with E-state index >= 15 is 0 Å². The molecule has 190 valence electrons. The van der Waals surface area contributed by atoms with Crippen LogP contribution in [0.25, 0.3) is 34.3 Å². The van der Waals surface area contributed by atoms with Crippen LogP contribution in [0.2, 0.25) is 0 Å². The highest BCUT2D eigenvalue weighted by molar-refractivity contribution is 5.92. The first-order chi connectivity index (χ1) is 17.5. The molecule has 1 aliphatic heterocycles. The minimum atomic E-state index is -0.0129. The van der Waals surface area contributed by atoms with Crippen molar-refractivity contribution in [3.63, 3.8) is 0 Å². The summed E-state index contributed by atoms with van der Waals surface area (Å²) in [6.45, 7) is 9.52. The topological polar surface area (TPSA) is 119 Å². The summed E-state index contributed by atoms with van der Waals surface area (Å²) in [5, 5.41) is 27.5. The molecule has 0 amide bonds. The Morgan fingerprint density at radius 3 is 2.86 bits per heavy atom. The van der Waals surface area contributed by atoms with Gasteiger partial charge in [-0.3, -0.25) is 19.7 Å². The summed E-state index contributed by atoms with van der Waals surface area (Å²) in [6, 6.07) is 2.02. The van der Waals surface area contributed by atoms with E-state index in [0.717, 1.165) is 51.4 Å². The lowest BCUT2D eigenvalue weighted by Gasteiger charge is -2.21. The van der Waals surface area contributed by atoms with Gasteiger partial charge in [0, 0.05) is 25.5 Å². The van der Waals surface area contributed by atoms with Crippen LogP contribution in [0.4, 0.5) is 0 Å². The number of H-pyrrole nitrogens is 1. The van der Waals surface area contributed by atoms with E-state index in [1.165, 1.54) is 0 Å². The quantitative estimate of drug-likeness (QED) is 0.436. The standard InChI is InChI=1S/C25H32N8O3/c1-5-32-10-12-36-25-23(16(3)29-31(25)4)20-13-18-19(27-28-21(18)14-26-20)8-7-17-22(15-32)33(9-11-34)30-24(17)35-6-2/h7-8,13-14,34H,5-6,9-12,15H2,1-4H3,(H,27,28)/b8-7+. The van der Waals surface area contributed by atoms with Gasteiger partial charge in [-0.25, -0.2) is 4.68 Å². The van der Waals surface area contributed by atoms with Gasteiger partial charge in [0.1, 0.15) is 6.61 Å². The van der Waals surface area contributed by atoms with Crippen molar-refractivity contribution in [3.8, 4) is 23.0 Å². The highest BCUT2D eigenvalue weighted by Crippen LogP contribution is 2.34. The van der Waals surface area contributed by atoms with Gasteiger partial charge in [-0.1, -0.05) is 6.92 Å². The van der Waals surface area contributed by atoms with Crippen molar-refractivity contribution in [2.45, 2.75) is 33.9 Å². The minimum Gasteiger partial charge on any atom is -0.476 e. The summed E-state index contributed by atoms with van der Waals surface area (Å²) in [5.41, 5.74) is 6.00. The fourth-order valence-corrected chi connectivity index (χ4v) is 4.64. The molecule has 0 aromatic carbocycles. The van der Waals surface area contributed by atoms with Gasteiger partial charge in [0.2, 0.25) is 11.8 Å². The van der Waals surface area contributed by atoms with E-state index in [4.69, 9.17) is 9.47 Å². The number of nitrogens with one attached hydrogen (secondary N) is 1. The number of aromatic amines is 1. The largest absolute Gasteiger partial charge is 0.476 e. The van der Waals surface area contributed by atoms with E-state index < -0.39 is 0 Å². The minimum absolute atomic E-state index is 0.0129. The third-order valence-electron chi connectivity index (χ3n) is 6.43. The molecule has 0 saturated carbocycles. The van der Waals surface area contributed by atoms with E-state index in [0.29, 0.717) is 44.6 Å². The fourth-order valence-electron chi connectivity index (χ4n) is 4.64. The normalized spacial score (nSPS) is 15.2. The molecule has 2 bridgehead atoms. The van der Waals surface area contributed by atoms with Crippen molar-refractivity contribution in [2.75, 3.05) is 32.9 Å². The molecular weight excluding hydrogens is 460 g/mol. The van der Waals surface area contributed by atoms with Gasteiger partial charge in [0.25, 0.3) is 0 Å². The first-order valence-corrected chi connectivity index (χ1v) is 12.3. The van der Waals surface area contributed by atoms with Crippen molar-refractivity contribution in [1.29, 1.82) is 0 Å². The fraction of sp³-hybridized carbons (Fsp3) is 0.440. The van der Waals surface area contributed by atoms with Gasteiger partial charge < -0.3 is 14.6 Å². The number of aryl methyl sites for hydroxylation is 2. The molecule has 0 spiro atoms. The summed E-state index contributed by atoms with van der Waals surface area (Å²) in [6.07, 6.45) is 5.76. The number of pyridine rings is 1. The Morgan fingerprint density at radius 1 is 1.22 bits per heavy atom. The van der Waals surface area contributed by atoms with Crippen molar-refractivity contribution in [2.24, 2.45) is 7.05 Å². The first kappa shape index (κ1) is 24.0. The molecule has 4 aromatic rings. The second-order valence-corrected chi connectivity index (χ2v) is 8.71. The number of nitrogens with zero attached hydrogens (tertiary/aromatic N) is 7. The molecule has 2 N–H and O–H groups in total. The highest BCUT2D eigenvalue weighted by Gasteiger charge is 2.22. The predicted octanol–water partition coefficient (Wildman–Crippen LogP) is 2.64. The molecule has 4 aromatic heterocycles. The molecule has 5 rings (SSSR count). The Hall–Kier alpha value is -3.70. The molecule has 0 saturated heterocycles. The Bertz CT molecular complexity index is 1400. The average Bonchev–Trinajstić information content (AvgIpc) is 3.50. The van der Waals surface area contributed by atoms with Crippen LogP contribution in [-0.4, -0.2) is 77.7 Å². The zero-order valence-corrected chi connectivity index (χ0v) is 21.2. The average molecular weight is 493 g/mol. The number of aliphatic hydroxyl groups is 1. The third-order valence-corrected chi connectivity index (χ3v) is 6.43. The van der Waals surface area contributed by atoms with Gasteiger partial charge in [-0.05, 0) is 38.6 Å². The number of hydrogen-bond donors (Lipinski definition) is 2. The zero-order valence-electron chi connectivity index (χ0n) is 21.2. The van der Waals surface area contributed by atoms with Gasteiger partial charge in [0.15, 0.2) is 0 Å². The maximum Gasteiger partial charge on any atom is 0.240 e. The number of rotatable bonds is 5. The lowest BCUT2D eigenvalue weighted by atomic mass is 10.1. The number of fused-ring (bicyclic) bond motifs is 4. The molecule has 11 nitrogen and oxygen atoms in total. The molecule has 0 unspecified atom stereocenters. The van der Waals surface area contributed by atoms with Crippen LogP contribution in [0.15, 0.2) is 12.3 Å². The predicted molar refractivity (Wildman–Crippen MR) is 137 cm³/mol. The smallest absolute Gasteiger partial charge is 0.240 e. The van der Waals surface area contributed by atoms with Crippen molar-refractivity contribution >= 4 is 23.1 Å². The SMILES string of the molecule is CCOc1nn(CCO)c2c1/C=C/c1n[nH]c3cnc(cc13)-c1c(C)nn(C)c1OCCN(CC)C2. The first-order valence-electron chi connectivity index (χ1n) is 12.3. The van der Waals surface area contributed by atoms with E-state index in [-0.39, 0.29) is 6.61 Å². The van der Waals surface area contributed by atoms with Gasteiger partial charge in [-0.2, -0.15) is 10.2 Å². The Labute approximate surface area is 209 Å². The second-order valence-electron chi connectivity index (χ2n) is 8.71.